The zero-order valence-electron chi connectivity index (χ0n) is 18.5. The number of hydrogen-bond acceptors (Lipinski definition) is 3. The largest absolute Gasteiger partial charge is 0.375 e. The molecule has 0 radical (unpaired) electrons. The van der Waals surface area contributed by atoms with Gasteiger partial charge in [0.05, 0.1) is 11.6 Å². The van der Waals surface area contributed by atoms with Crippen LogP contribution in [0.4, 0.5) is 0 Å². The third-order valence-corrected chi connectivity index (χ3v) is 7.69. The lowest BCUT2D eigenvalue weighted by molar-refractivity contribution is -0.136. The normalized spacial score (nSPS) is 28.4. The van der Waals surface area contributed by atoms with E-state index in [0.29, 0.717) is 6.04 Å². The molecule has 1 saturated carbocycles. The Morgan fingerprint density at radius 2 is 1.93 bits per heavy atom. The van der Waals surface area contributed by atoms with Gasteiger partial charge in [-0.1, -0.05) is 43.2 Å². The zero-order valence-corrected chi connectivity index (χ0v) is 18.5. The van der Waals surface area contributed by atoms with Gasteiger partial charge in [-0.25, -0.2) is 0 Å². The molecule has 1 N–H and O–H groups in total. The number of nitrogens with one attached hydrogen (secondary N) is 1. The van der Waals surface area contributed by atoms with Gasteiger partial charge < -0.3 is 15.0 Å². The van der Waals surface area contributed by atoms with Crippen LogP contribution in [0.5, 0.6) is 0 Å². The van der Waals surface area contributed by atoms with Crippen molar-refractivity contribution in [1.29, 1.82) is 0 Å². The van der Waals surface area contributed by atoms with Crippen LogP contribution in [0, 0.1) is 19.3 Å². The van der Waals surface area contributed by atoms with Crippen molar-refractivity contribution in [2.24, 2.45) is 5.41 Å². The van der Waals surface area contributed by atoms with Gasteiger partial charge >= 0.3 is 0 Å². The lowest BCUT2D eigenvalue weighted by Gasteiger charge is -2.52. The molecule has 2 aliphatic heterocycles. The number of nitrogens with zero attached hydrogens (tertiary/aromatic N) is 1. The molecule has 0 bridgehead atoms. The lowest BCUT2D eigenvalue weighted by Crippen LogP contribution is -2.53. The molecule has 1 aromatic carbocycles. The molecule has 3 nitrogen and oxygen atoms in total. The van der Waals surface area contributed by atoms with E-state index in [1.165, 1.54) is 55.2 Å². The van der Waals surface area contributed by atoms with Gasteiger partial charge in [0.1, 0.15) is 0 Å². The fourth-order valence-electron chi connectivity index (χ4n) is 5.91. The summed E-state index contributed by atoms with van der Waals surface area (Å²) in [7, 11) is 2.24. The van der Waals surface area contributed by atoms with Crippen LogP contribution < -0.4 is 5.32 Å². The molecule has 3 aliphatic rings. The molecule has 3 heteroatoms. The minimum absolute atomic E-state index is 0.141. The number of benzene rings is 1. The van der Waals surface area contributed by atoms with E-state index in [1.807, 2.05) is 0 Å². The molecular weight excluding hydrogens is 356 g/mol. The van der Waals surface area contributed by atoms with Crippen LogP contribution in [0.15, 0.2) is 42.6 Å². The van der Waals surface area contributed by atoms with Crippen molar-refractivity contribution in [3.8, 4) is 0 Å². The Hall–Kier alpha value is -1.58. The van der Waals surface area contributed by atoms with E-state index < -0.39 is 0 Å². The highest BCUT2D eigenvalue weighted by molar-refractivity contribution is 5.29. The Bertz CT molecular complexity index is 762. The number of rotatable bonds is 6. The number of likely N-dealkylation sites (N-methyl/N-ethyl adjacent to an activating group) is 1. The second-order valence-corrected chi connectivity index (χ2v) is 9.71. The van der Waals surface area contributed by atoms with Gasteiger partial charge in [-0.3, -0.25) is 0 Å². The van der Waals surface area contributed by atoms with Crippen LogP contribution >= 0.6 is 0 Å². The quantitative estimate of drug-likeness (QED) is 0.665. The summed E-state index contributed by atoms with van der Waals surface area (Å²) >= 11 is 0. The van der Waals surface area contributed by atoms with Crippen molar-refractivity contribution in [2.45, 2.75) is 77.0 Å². The summed E-state index contributed by atoms with van der Waals surface area (Å²) in [6.45, 7) is 7.32. The van der Waals surface area contributed by atoms with Crippen molar-refractivity contribution in [3.05, 3.63) is 59.3 Å². The Morgan fingerprint density at radius 1 is 1.10 bits per heavy atom. The molecule has 2 fully saturated rings. The van der Waals surface area contributed by atoms with E-state index in [1.54, 1.807) is 0 Å². The summed E-state index contributed by atoms with van der Waals surface area (Å²) in [5, 5.41) is 3.75. The topological polar surface area (TPSA) is 24.5 Å². The van der Waals surface area contributed by atoms with Crippen molar-refractivity contribution in [2.75, 3.05) is 20.2 Å². The highest BCUT2D eigenvalue weighted by atomic mass is 16.5. The zero-order chi connectivity index (χ0) is 20.3. The van der Waals surface area contributed by atoms with Crippen molar-refractivity contribution >= 4 is 0 Å². The molecule has 0 aromatic heterocycles. The molecule has 158 valence electrons. The first-order chi connectivity index (χ1) is 14.0. The molecule has 29 heavy (non-hydrogen) atoms. The minimum Gasteiger partial charge on any atom is -0.375 e. The lowest BCUT2D eigenvalue weighted by atomic mass is 9.65. The Labute approximate surface area is 177 Å². The molecule has 2 atom stereocenters. The molecule has 0 amide bonds. The van der Waals surface area contributed by atoms with Crippen molar-refractivity contribution in [3.63, 3.8) is 0 Å². The summed E-state index contributed by atoms with van der Waals surface area (Å²) in [6.07, 6.45) is 17.8. The predicted octanol–water partition coefficient (Wildman–Crippen LogP) is 5.28. The molecule has 4 rings (SSSR count). The molecule has 1 spiro atoms. The minimum atomic E-state index is 0.141. The van der Waals surface area contributed by atoms with Gasteiger partial charge in [0.2, 0.25) is 0 Å². The standard InChI is InChI=1S/C26H38N2O/c1-21-9-10-23(18-22(21)2)19-27-15-13-25(24-8-4-7-16-28(24)3)14-17-29-26(20-25)11-5-6-12-26/h4,7-10,16,18,24,27H,5-6,11-15,17,19-20H2,1-3H3. The van der Waals surface area contributed by atoms with Crippen LogP contribution in [0.1, 0.15) is 61.6 Å². The summed E-state index contributed by atoms with van der Waals surface area (Å²) < 4.78 is 6.43. The number of allylic oxidation sites excluding steroid dienone is 2. The third-order valence-electron chi connectivity index (χ3n) is 7.69. The highest BCUT2D eigenvalue weighted by Crippen LogP contribution is 2.51. The maximum atomic E-state index is 6.43. The van der Waals surface area contributed by atoms with E-state index in [4.69, 9.17) is 4.74 Å². The van der Waals surface area contributed by atoms with E-state index in [9.17, 15) is 0 Å². The van der Waals surface area contributed by atoms with Crippen LogP contribution in [0.25, 0.3) is 0 Å². The first kappa shape index (κ1) is 20.7. The molecular formula is C26H38N2O. The third kappa shape index (κ3) is 4.46. The van der Waals surface area contributed by atoms with E-state index in [0.717, 1.165) is 26.1 Å². The second kappa shape index (κ2) is 8.65. The number of aryl methyl sites for hydroxylation is 2. The summed E-state index contributed by atoms with van der Waals surface area (Å²) in [4.78, 5) is 2.43. The monoisotopic (exact) mass is 394 g/mol. The SMILES string of the molecule is Cc1ccc(CNCCC2(C3C=CC=CN3C)CCOC3(CCCC3)C2)cc1C. The summed E-state index contributed by atoms with van der Waals surface area (Å²) in [5.41, 5.74) is 4.57. The Kier molecular flexibility index (Phi) is 6.17. The number of hydrogen-bond donors (Lipinski definition) is 1. The van der Waals surface area contributed by atoms with E-state index in [2.05, 4.69) is 73.7 Å². The van der Waals surface area contributed by atoms with Gasteiger partial charge in [-0.2, -0.15) is 0 Å². The van der Waals surface area contributed by atoms with Crippen molar-refractivity contribution in [1.82, 2.24) is 10.2 Å². The average Bonchev–Trinajstić information content (AvgIpc) is 3.15. The van der Waals surface area contributed by atoms with Crippen LogP contribution in [-0.4, -0.2) is 36.7 Å². The maximum absolute atomic E-state index is 6.43. The molecule has 1 aromatic rings. The fraction of sp³-hybridized carbons (Fsp3) is 0.615. The fourth-order valence-corrected chi connectivity index (χ4v) is 5.91. The maximum Gasteiger partial charge on any atom is 0.0688 e. The smallest absolute Gasteiger partial charge is 0.0688 e. The van der Waals surface area contributed by atoms with Gasteiger partial charge in [0, 0.05) is 25.6 Å². The van der Waals surface area contributed by atoms with Gasteiger partial charge in [-0.05, 0) is 81.5 Å². The van der Waals surface area contributed by atoms with Crippen LogP contribution in [0.3, 0.4) is 0 Å². The Balaban J connectivity index is 1.45. The highest BCUT2D eigenvalue weighted by Gasteiger charge is 2.50. The van der Waals surface area contributed by atoms with Gasteiger partial charge in [0.15, 0.2) is 0 Å². The summed E-state index contributed by atoms with van der Waals surface area (Å²) in [5.74, 6) is 0. The van der Waals surface area contributed by atoms with Crippen LogP contribution in [-0.2, 0) is 11.3 Å². The first-order valence-electron chi connectivity index (χ1n) is 11.5. The summed E-state index contributed by atoms with van der Waals surface area (Å²) in [6, 6.07) is 7.29. The molecule has 1 aliphatic carbocycles. The number of ether oxygens (including phenoxy) is 1. The predicted molar refractivity (Wildman–Crippen MR) is 121 cm³/mol. The van der Waals surface area contributed by atoms with Crippen LogP contribution in [0.2, 0.25) is 0 Å². The second-order valence-electron chi connectivity index (χ2n) is 9.71. The molecule has 2 unspecified atom stereocenters. The van der Waals surface area contributed by atoms with E-state index in [-0.39, 0.29) is 11.0 Å². The molecule has 2 heterocycles. The van der Waals surface area contributed by atoms with Crippen molar-refractivity contribution < 1.29 is 4.74 Å². The van der Waals surface area contributed by atoms with Gasteiger partial charge in [-0.15, -0.1) is 0 Å². The average molecular weight is 395 g/mol. The van der Waals surface area contributed by atoms with E-state index >= 15 is 0 Å². The molecule has 1 saturated heterocycles. The Morgan fingerprint density at radius 3 is 2.69 bits per heavy atom. The van der Waals surface area contributed by atoms with Gasteiger partial charge in [0.25, 0.3) is 0 Å². The first-order valence-corrected chi connectivity index (χ1v) is 11.5.